The molecular formula is C10H18BN3O3. The zero-order valence-electron chi connectivity index (χ0n) is 10.0. The van der Waals surface area contributed by atoms with Gasteiger partial charge in [-0.2, -0.15) is 5.10 Å². The van der Waals surface area contributed by atoms with Gasteiger partial charge in [-0.15, -0.1) is 0 Å². The van der Waals surface area contributed by atoms with Gasteiger partial charge < -0.3 is 14.8 Å². The fraction of sp³-hybridized carbons (Fsp3) is 0.700. The Morgan fingerprint density at radius 1 is 1.35 bits per heavy atom. The normalized spacial score (nSPS) is 17.4. The Bertz CT molecular complexity index is 364. The van der Waals surface area contributed by atoms with E-state index in [2.05, 4.69) is 10.00 Å². The maximum Gasteiger partial charge on any atom is 0.491 e. The van der Waals surface area contributed by atoms with E-state index in [4.69, 9.17) is 14.8 Å². The predicted molar refractivity (Wildman–Crippen MR) is 64.0 cm³/mol. The van der Waals surface area contributed by atoms with Crippen LogP contribution in [-0.2, 0) is 11.3 Å². The number of rotatable bonds is 4. The van der Waals surface area contributed by atoms with Gasteiger partial charge >= 0.3 is 7.12 Å². The summed E-state index contributed by atoms with van der Waals surface area (Å²) in [6, 6.07) is 0. The van der Waals surface area contributed by atoms with Crippen molar-refractivity contribution in [3.05, 3.63) is 11.9 Å². The van der Waals surface area contributed by atoms with Crippen LogP contribution in [0.25, 0.3) is 0 Å². The Kier molecular flexibility index (Phi) is 4.17. The van der Waals surface area contributed by atoms with Gasteiger partial charge in [-0.25, -0.2) is 0 Å². The Balaban J connectivity index is 1.88. The summed E-state index contributed by atoms with van der Waals surface area (Å²) in [7, 11) is -1.44. The molecule has 1 aromatic rings. The molecule has 0 aliphatic carbocycles. The lowest BCUT2D eigenvalue weighted by molar-refractivity contribution is 0.0359. The Morgan fingerprint density at radius 3 is 2.65 bits per heavy atom. The second-order valence-corrected chi connectivity index (χ2v) is 4.26. The van der Waals surface area contributed by atoms with Gasteiger partial charge in [-0.1, -0.05) is 0 Å². The van der Waals surface area contributed by atoms with Gasteiger partial charge in [-0.3, -0.25) is 9.58 Å². The number of morpholine rings is 1. The van der Waals surface area contributed by atoms with Crippen LogP contribution in [0, 0.1) is 6.92 Å². The third-order valence-electron chi connectivity index (χ3n) is 3.01. The van der Waals surface area contributed by atoms with Crippen molar-refractivity contribution in [1.82, 2.24) is 14.7 Å². The Labute approximate surface area is 101 Å². The minimum atomic E-state index is -1.44. The quantitative estimate of drug-likeness (QED) is 0.607. The van der Waals surface area contributed by atoms with Crippen molar-refractivity contribution >= 4 is 12.6 Å². The first-order chi connectivity index (χ1) is 8.16. The van der Waals surface area contributed by atoms with Crippen LogP contribution in [0.2, 0.25) is 0 Å². The van der Waals surface area contributed by atoms with Crippen LogP contribution in [-0.4, -0.2) is 64.7 Å². The average Bonchev–Trinajstić information content (AvgIpc) is 2.69. The van der Waals surface area contributed by atoms with E-state index in [0.29, 0.717) is 11.2 Å². The predicted octanol–water partition coefficient (Wildman–Crippen LogP) is -1.80. The number of nitrogens with zero attached hydrogens (tertiary/aromatic N) is 3. The lowest BCUT2D eigenvalue weighted by Gasteiger charge is -2.26. The van der Waals surface area contributed by atoms with Gasteiger partial charge in [0, 0.05) is 31.3 Å². The van der Waals surface area contributed by atoms with Gasteiger partial charge in [0.05, 0.1) is 25.5 Å². The van der Waals surface area contributed by atoms with Crippen molar-refractivity contribution in [2.24, 2.45) is 0 Å². The minimum absolute atomic E-state index is 0.479. The second-order valence-electron chi connectivity index (χ2n) is 4.26. The number of aryl methyl sites for hydroxylation is 1. The first-order valence-electron chi connectivity index (χ1n) is 5.87. The molecule has 0 spiro atoms. The summed E-state index contributed by atoms with van der Waals surface area (Å²) in [5.41, 5.74) is 1.15. The topological polar surface area (TPSA) is 70.8 Å². The third kappa shape index (κ3) is 3.29. The van der Waals surface area contributed by atoms with Crippen LogP contribution in [0.3, 0.4) is 0 Å². The highest BCUT2D eigenvalue weighted by Gasteiger charge is 2.18. The molecule has 17 heavy (non-hydrogen) atoms. The highest BCUT2D eigenvalue weighted by molar-refractivity contribution is 6.59. The molecule has 7 heteroatoms. The zero-order valence-corrected chi connectivity index (χ0v) is 10.0. The highest BCUT2D eigenvalue weighted by Crippen LogP contribution is 1.98. The zero-order chi connectivity index (χ0) is 12.3. The molecule has 6 nitrogen and oxygen atoms in total. The SMILES string of the molecule is Cc1nn(CCN2CCOCC2)cc1B(O)O. The number of aromatic nitrogens is 2. The van der Waals surface area contributed by atoms with Gasteiger partial charge in [0.1, 0.15) is 0 Å². The summed E-state index contributed by atoms with van der Waals surface area (Å²) in [4.78, 5) is 2.32. The van der Waals surface area contributed by atoms with E-state index in [1.807, 2.05) is 0 Å². The standard InChI is InChI=1S/C10H18BN3O3/c1-9-10(11(15)16)8-14(12-9)3-2-13-4-6-17-7-5-13/h8,15-16H,2-7H2,1H3. The van der Waals surface area contributed by atoms with Gasteiger partial charge in [0.25, 0.3) is 0 Å². The summed E-state index contributed by atoms with van der Waals surface area (Å²) in [5.74, 6) is 0. The van der Waals surface area contributed by atoms with Gasteiger partial charge in [0.2, 0.25) is 0 Å². The maximum atomic E-state index is 9.11. The molecule has 1 saturated heterocycles. The molecule has 0 atom stereocenters. The molecule has 94 valence electrons. The lowest BCUT2D eigenvalue weighted by atomic mass is 9.81. The fourth-order valence-corrected chi connectivity index (χ4v) is 1.97. The molecule has 1 aliphatic rings. The van der Waals surface area contributed by atoms with Crippen LogP contribution < -0.4 is 5.46 Å². The number of hydrogen-bond donors (Lipinski definition) is 2. The van der Waals surface area contributed by atoms with Crippen molar-refractivity contribution in [1.29, 1.82) is 0 Å². The highest BCUT2D eigenvalue weighted by atomic mass is 16.5. The van der Waals surface area contributed by atoms with Crippen LogP contribution in [0.15, 0.2) is 6.20 Å². The van der Waals surface area contributed by atoms with E-state index < -0.39 is 7.12 Å². The summed E-state index contributed by atoms with van der Waals surface area (Å²) in [6.07, 6.45) is 1.69. The Hall–Kier alpha value is -0.885. The van der Waals surface area contributed by atoms with E-state index in [0.717, 1.165) is 39.4 Å². The number of hydrogen-bond acceptors (Lipinski definition) is 5. The largest absolute Gasteiger partial charge is 0.491 e. The van der Waals surface area contributed by atoms with Crippen molar-refractivity contribution in [3.63, 3.8) is 0 Å². The Morgan fingerprint density at radius 2 is 2.06 bits per heavy atom. The average molecular weight is 239 g/mol. The maximum absolute atomic E-state index is 9.11. The minimum Gasteiger partial charge on any atom is -0.423 e. The van der Waals surface area contributed by atoms with E-state index in [1.165, 1.54) is 0 Å². The molecule has 1 aliphatic heterocycles. The number of ether oxygens (including phenoxy) is 1. The molecule has 2 heterocycles. The van der Waals surface area contributed by atoms with Crippen molar-refractivity contribution in [3.8, 4) is 0 Å². The summed E-state index contributed by atoms with van der Waals surface area (Å²) < 4.78 is 7.04. The second kappa shape index (κ2) is 5.64. The smallest absolute Gasteiger partial charge is 0.423 e. The van der Waals surface area contributed by atoms with E-state index >= 15 is 0 Å². The van der Waals surface area contributed by atoms with E-state index in [9.17, 15) is 0 Å². The molecule has 0 unspecified atom stereocenters. The van der Waals surface area contributed by atoms with Crippen LogP contribution in [0.4, 0.5) is 0 Å². The molecule has 1 fully saturated rings. The van der Waals surface area contributed by atoms with E-state index in [-0.39, 0.29) is 0 Å². The van der Waals surface area contributed by atoms with Crippen molar-refractivity contribution < 1.29 is 14.8 Å². The molecule has 0 aromatic carbocycles. The van der Waals surface area contributed by atoms with Gasteiger partial charge in [-0.05, 0) is 6.92 Å². The molecule has 0 amide bonds. The summed E-state index contributed by atoms with van der Waals surface area (Å²) >= 11 is 0. The molecular weight excluding hydrogens is 221 g/mol. The summed E-state index contributed by atoms with van der Waals surface area (Å²) in [5, 5.41) is 22.5. The van der Waals surface area contributed by atoms with Crippen LogP contribution >= 0.6 is 0 Å². The molecule has 1 aromatic heterocycles. The van der Waals surface area contributed by atoms with Crippen molar-refractivity contribution in [2.75, 3.05) is 32.8 Å². The van der Waals surface area contributed by atoms with E-state index in [1.54, 1.807) is 17.8 Å². The first kappa shape index (κ1) is 12.6. The van der Waals surface area contributed by atoms with Gasteiger partial charge in [0.15, 0.2) is 0 Å². The molecule has 2 rings (SSSR count). The molecule has 2 N–H and O–H groups in total. The van der Waals surface area contributed by atoms with Crippen LogP contribution in [0.1, 0.15) is 5.69 Å². The lowest BCUT2D eigenvalue weighted by Crippen LogP contribution is -2.38. The summed E-state index contributed by atoms with van der Waals surface area (Å²) in [6.45, 7) is 6.93. The first-order valence-corrected chi connectivity index (χ1v) is 5.87. The van der Waals surface area contributed by atoms with Crippen molar-refractivity contribution in [2.45, 2.75) is 13.5 Å². The van der Waals surface area contributed by atoms with Crippen LogP contribution in [0.5, 0.6) is 0 Å². The monoisotopic (exact) mass is 239 g/mol. The third-order valence-corrected chi connectivity index (χ3v) is 3.01. The molecule has 0 saturated carbocycles. The fourth-order valence-electron chi connectivity index (χ4n) is 1.97. The molecule has 0 radical (unpaired) electrons. The molecule has 0 bridgehead atoms.